The van der Waals surface area contributed by atoms with Crippen LogP contribution in [-0.2, 0) is 6.18 Å². The number of alkyl halides is 3. The van der Waals surface area contributed by atoms with E-state index in [9.17, 15) is 13.2 Å². The van der Waals surface area contributed by atoms with Gasteiger partial charge < -0.3 is 5.32 Å². The first-order valence-corrected chi connectivity index (χ1v) is 6.99. The molecule has 19 heavy (non-hydrogen) atoms. The number of hydrogen-bond acceptors (Lipinski definition) is 4. The molecule has 1 aromatic heterocycles. The monoisotopic (exact) mass is 289 g/mol. The highest BCUT2D eigenvalue weighted by atomic mass is 32.2. The Morgan fingerprint density at radius 2 is 2.16 bits per heavy atom. The largest absolute Gasteiger partial charge is 0.433 e. The molecule has 104 valence electrons. The van der Waals surface area contributed by atoms with E-state index in [4.69, 9.17) is 5.26 Å². The van der Waals surface area contributed by atoms with Crippen molar-refractivity contribution in [2.75, 3.05) is 23.9 Å². The Kier molecular flexibility index (Phi) is 5.48. The molecule has 0 aliphatic heterocycles. The Morgan fingerprint density at radius 1 is 1.47 bits per heavy atom. The van der Waals surface area contributed by atoms with Crippen LogP contribution in [0, 0.1) is 17.2 Å². The van der Waals surface area contributed by atoms with Crippen molar-refractivity contribution < 1.29 is 13.2 Å². The van der Waals surface area contributed by atoms with Gasteiger partial charge in [0, 0.05) is 6.54 Å². The number of nitrogens with zero attached hydrogens (tertiary/aromatic N) is 2. The maximum Gasteiger partial charge on any atom is 0.433 e. The summed E-state index contributed by atoms with van der Waals surface area (Å²) in [7, 11) is 0. The number of thioether (sulfide) groups is 1. The predicted octanol–water partition coefficient (Wildman–Crippen LogP) is 3.38. The zero-order valence-electron chi connectivity index (χ0n) is 10.6. The molecule has 0 saturated heterocycles. The van der Waals surface area contributed by atoms with Gasteiger partial charge in [-0.15, -0.1) is 0 Å². The molecule has 0 fully saturated rings. The minimum Gasteiger partial charge on any atom is -0.369 e. The van der Waals surface area contributed by atoms with E-state index in [-0.39, 0.29) is 17.3 Å². The molecule has 0 aliphatic rings. The van der Waals surface area contributed by atoms with Crippen molar-refractivity contribution in [2.45, 2.75) is 13.1 Å². The molecule has 0 spiro atoms. The number of nitrogens with one attached hydrogen (secondary N) is 1. The van der Waals surface area contributed by atoms with E-state index in [1.165, 1.54) is 0 Å². The van der Waals surface area contributed by atoms with E-state index in [0.29, 0.717) is 6.54 Å². The standard InChI is InChI=1S/C12H14F3N3S/c1-8(7-19-2)6-17-11-9(5-16)3-4-10(18-11)12(13,14)15/h3-4,8H,6-7H2,1-2H3,(H,17,18). The number of hydrogen-bond donors (Lipinski definition) is 1. The SMILES string of the molecule is CSCC(C)CNc1nc(C(F)(F)F)ccc1C#N. The van der Waals surface area contributed by atoms with Crippen molar-refractivity contribution in [3.05, 3.63) is 23.4 Å². The Labute approximate surface area is 114 Å². The summed E-state index contributed by atoms with van der Waals surface area (Å²) in [5, 5.41) is 11.7. The lowest BCUT2D eigenvalue weighted by molar-refractivity contribution is -0.141. The number of nitriles is 1. The highest BCUT2D eigenvalue weighted by Crippen LogP contribution is 2.29. The number of rotatable bonds is 5. The molecule has 0 radical (unpaired) electrons. The van der Waals surface area contributed by atoms with Crippen molar-refractivity contribution >= 4 is 17.6 Å². The zero-order valence-corrected chi connectivity index (χ0v) is 11.4. The van der Waals surface area contributed by atoms with E-state index in [2.05, 4.69) is 10.3 Å². The van der Waals surface area contributed by atoms with Crippen molar-refractivity contribution in [1.29, 1.82) is 5.26 Å². The first-order chi connectivity index (χ1) is 8.88. The third-order valence-electron chi connectivity index (χ3n) is 2.38. The van der Waals surface area contributed by atoms with Gasteiger partial charge in [-0.25, -0.2) is 4.98 Å². The Balaban J connectivity index is 2.89. The molecule has 7 heteroatoms. The zero-order chi connectivity index (χ0) is 14.5. The maximum atomic E-state index is 12.5. The summed E-state index contributed by atoms with van der Waals surface area (Å²) >= 11 is 1.66. The van der Waals surface area contributed by atoms with Gasteiger partial charge in [-0.2, -0.15) is 30.2 Å². The molecule has 0 amide bonds. The second kappa shape index (κ2) is 6.66. The molecule has 3 nitrogen and oxygen atoms in total. The molecule has 1 aromatic rings. The van der Waals surface area contributed by atoms with Crippen LogP contribution in [0.5, 0.6) is 0 Å². The highest BCUT2D eigenvalue weighted by Gasteiger charge is 2.33. The van der Waals surface area contributed by atoms with Crippen LogP contribution in [0.3, 0.4) is 0 Å². The first-order valence-electron chi connectivity index (χ1n) is 5.59. The molecule has 0 saturated carbocycles. The van der Waals surface area contributed by atoms with Gasteiger partial charge >= 0.3 is 6.18 Å². The van der Waals surface area contributed by atoms with Crippen LogP contribution in [0.4, 0.5) is 19.0 Å². The summed E-state index contributed by atoms with van der Waals surface area (Å²) in [5.74, 6) is 1.15. The van der Waals surface area contributed by atoms with E-state index in [0.717, 1.165) is 17.9 Å². The van der Waals surface area contributed by atoms with Crippen molar-refractivity contribution in [3.8, 4) is 6.07 Å². The van der Waals surface area contributed by atoms with Gasteiger partial charge in [0.25, 0.3) is 0 Å². The number of pyridine rings is 1. The minimum atomic E-state index is -4.50. The van der Waals surface area contributed by atoms with Crippen LogP contribution in [0.25, 0.3) is 0 Å². The van der Waals surface area contributed by atoms with Gasteiger partial charge in [0.15, 0.2) is 0 Å². The summed E-state index contributed by atoms with van der Waals surface area (Å²) < 4.78 is 37.6. The Morgan fingerprint density at radius 3 is 2.68 bits per heavy atom. The lowest BCUT2D eigenvalue weighted by Gasteiger charge is -2.14. The topological polar surface area (TPSA) is 48.7 Å². The summed E-state index contributed by atoms with van der Waals surface area (Å²) in [6.07, 6.45) is -2.55. The van der Waals surface area contributed by atoms with Gasteiger partial charge in [-0.1, -0.05) is 6.92 Å². The van der Waals surface area contributed by atoms with Crippen LogP contribution in [0.1, 0.15) is 18.2 Å². The first kappa shape index (κ1) is 15.6. The van der Waals surface area contributed by atoms with Crippen molar-refractivity contribution in [1.82, 2.24) is 4.98 Å². The summed E-state index contributed by atoms with van der Waals surface area (Å²) in [6, 6.07) is 3.78. The predicted molar refractivity (Wildman–Crippen MR) is 70.0 cm³/mol. The second-order valence-electron chi connectivity index (χ2n) is 4.14. The molecular weight excluding hydrogens is 275 g/mol. The van der Waals surface area contributed by atoms with E-state index < -0.39 is 11.9 Å². The van der Waals surface area contributed by atoms with Gasteiger partial charge in [0.2, 0.25) is 0 Å². The van der Waals surface area contributed by atoms with Crippen molar-refractivity contribution in [3.63, 3.8) is 0 Å². The smallest absolute Gasteiger partial charge is 0.369 e. The minimum absolute atomic E-state index is 0.00900. The second-order valence-corrected chi connectivity index (χ2v) is 5.05. The Hall–Kier alpha value is -1.42. The third kappa shape index (κ3) is 4.63. The van der Waals surface area contributed by atoms with Crippen LogP contribution in [0.2, 0.25) is 0 Å². The van der Waals surface area contributed by atoms with Crippen LogP contribution >= 0.6 is 11.8 Å². The van der Waals surface area contributed by atoms with Crippen LogP contribution in [-0.4, -0.2) is 23.5 Å². The molecule has 1 rings (SSSR count). The molecular formula is C12H14F3N3S. The highest BCUT2D eigenvalue weighted by molar-refractivity contribution is 7.98. The fourth-order valence-electron chi connectivity index (χ4n) is 1.46. The average molecular weight is 289 g/mol. The van der Waals surface area contributed by atoms with Crippen molar-refractivity contribution in [2.24, 2.45) is 5.92 Å². The lowest BCUT2D eigenvalue weighted by atomic mass is 10.2. The number of halogens is 3. The quantitative estimate of drug-likeness (QED) is 0.902. The molecule has 0 aliphatic carbocycles. The van der Waals surface area contributed by atoms with Gasteiger partial charge in [-0.3, -0.25) is 0 Å². The molecule has 1 unspecified atom stereocenters. The summed E-state index contributed by atoms with van der Waals surface area (Å²) in [4.78, 5) is 3.48. The molecule has 0 aromatic carbocycles. The summed E-state index contributed by atoms with van der Waals surface area (Å²) in [6.45, 7) is 2.45. The van der Waals surface area contributed by atoms with E-state index in [1.807, 2.05) is 19.2 Å². The van der Waals surface area contributed by atoms with E-state index in [1.54, 1.807) is 11.8 Å². The third-order valence-corrected chi connectivity index (χ3v) is 3.28. The normalized spacial score (nSPS) is 12.8. The van der Waals surface area contributed by atoms with Gasteiger partial charge in [-0.05, 0) is 30.1 Å². The summed E-state index contributed by atoms with van der Waals surface area (Å²) in [5.41, 5.74) is -0.879. The lowest BCUT2D eigenvalue weighted by Crippen LogP contribution is -2.17. The molecule has 1 heterocycles. The maximum absolute atomic E-state index is 12.5. The van der Waals surface area contributed by atoms with Gasteiger partial charge in [0.1, 0.15) is 17.6 Å². The molecule has 0 bridgehead atoms. The fraction of sp³-hybridized carbons (Fsp3) is 0.500. The average Bonchev–Trinajstić information content (AvgIpc) is 2.35. The van der Waals surface area contributed by atoms with E-state index >= 15 is 0 Å². The fourth-order valence-corrected chi connectivity index (χ4v) is 2.14. The van der Waals surface area contributed by atoms with Crippen LogP contribution in [0.15, 0.2) is 12.1 Å². The molecule has 1 N–H and O–H groups in total. The Bertz CT molecular complexity index is 468. The van der Waals surface area contributed by atoms with Gasteiger partial charge in [0.05, 0.1) is 5.56 Å². The number of anilines is 1. The number of aromatic nitrogens is 1. The van der Waals surface area contributed by atoms with Crippen LogP contribution < -0.4 is 5.32 Å². The molecule has 1 atom stereocenters.